The molecule has 0 aliphatic carbocycles. The van der Waals surface area contributed by atoms with Gasteiger partial charge in [-0.05, 0) is 61.4 Å². The first kappa shape index (κ1) is 20.4. The molecule has 152 valence electrons. The van der Waals surface area contributed by atoms with Crippen molar-refractivity contribution in [2.24, 2.45) is 0 Å². The summed E-state index contributed by atoms with van der Waals surface area (Å²) in [6.07, 6.45) is 2.51. The molecule has 7 nitrogen and oxygen atoms in total. The molecule has 0 aromatic heterocycles. The van der Waals surface area contributed by atoms with Crippen molar-refractivity contribution in [1.82, 2.24) is 10.6 Å². The molecule has 7 heteroatoms. The maximum Gasteiger partial charge on any atom is 0.251 e. The lowest BCUT2D eigenvalue weighted by Gasteiger charge is -2.26. The van der Waals surface area contributed by atoms with Gasteiger partial charge in [0.2, 0.25) is 5.91 Å². The number of hydrogen-bond donors (Lipinski definition) is 2. The normalized spacial score (nSPS) is 13.7. The van der Waals surface area contributed by atoms with Gasteiger partial charge in [-0.15, -0.1) is 0 Å². The first-order valence-corrected chi connectivity index (χ1v) is 9.69. The van der Waals surface area contributed by atoms with Gasteiger partial charge in [0.05, 0.1) is 7.11 Å². The highest BCUT2D eigenvalue weighted by Crippen LogP contribution is 2.21. The zero-order chi connectivity index (χ0) is 20.6. The van der Waals surface area contributed by atoms with E-state index in [1.807, 2.05) is 0 Å². The van der Waals surface area contributed by atoms with E-state index >= 15 is 0 Å². The van der Waals surface area contributed by atoms with Crippen LogP contribution in [0.1, 0.15) is 40.0 Å². The second-order valence-corrected chi connectivity index (χ2v) is 6.79. The minimum atomic E-state index is -0.222. The molecular weight excluding hydrogens is 370 g/mol. The monoisotopic (exact) mass is 395 g/mol. The van der Waals surface area contributed by atoms with Crippen molar-refractivity contribution < 1.29 is 19.1 Å². The third-order valence-corrected chi connectivity index (χ3v) is 4.81. The number of hydrogen-bond acceptors (Lipinski definition) is 4. The minimum absolute atomic E-state index is 0.126. The van der Waals surface area contributed by atoms with Crippen LogP contribution in [0.25, 0.3) is 0 Å². The molecule has 3 rings (SSSR count). The van der Waals surface area contributed by atoms with Crippen LogP contribution in [0.15, 0.2) is 48.5 Å². The number of rotatable bonds is 7. The fraction of sp³-hybridized carbons (Fsp3) is 0.318. The molecule has 0 spiro atoms. The Morgan fingerprint density at radius 2 is 1.45 bits per heavy atom. The summed E-state index contributed by atoms with van der Waals surface area (Å²) in [5, 5.41) is 5.54. The van der Waals surface area contributed by atoms with E-state index in [1.165, 1.54) is 0 Å². The van der Waals surface area contributed by atoms with Crippen molar-refractivity contribution in [2.75, 3.05) is 31.6 Å². The fourth-order valence-electron chi connectivity index (χ4n) is 3.17. The lowest BCUT2D eigenvalue weighted by molar-refractivity contribution is -0.119. The summed E-state index contributed by atoms with van der Waals surface area (Å²) >= 11 is 0. The molecule has 1 fully saturated rings. The molecule has 2 aromatic carbocycles. The van der Waals surface area contributed by atoms with E-state index in [-0.39, 0.29) is 17.7 Å². The predicted octanol–water partition coefficient (Wildman–Crippen LogP) is 2.37. The van der Waals surface area contributed by atoms with Gasteiger partial charge in [-0.25, -0.2) is 0 Å². The lowest BCUT2D eigenvalue weighted by atomic mass is 10.1. The SMILES string of the molecule is COc1ccc(C(=O)NCCNC(=O)c2ccc(N3CCCCC3=O)cc2)cc1. The molecule has 0 unspecified atom stereocenters. The van der Waals surface area contributed by atoms with Gasteiger partial charge in [0, 0.05) is 42.9 Å². The quantitative estimate of drug-likeness (QED) is 0.705. The highest BCUT2D eigenvalue weighted by Gasteiger charge is 2.19. The molecule has 1 aliphatic rings. The van der Waals surface area contributed by atoms with Crippen molar-refractivity contribution in [3.05, 3.63) is 59.7 Å². The maximum atomic E-state index is 12.3. The number of amides is 3. The average Bonchev–Trinajstić information content (AvgIpc) is 2.77. The number of carbonyl (C=O) groups excluding carboxylic acids is 3. The number of ether oxygens (including phenoxy) is 1. The van der Waals surface area contributed by atoms with Crippen LogP contribution in [0, 0.1) is 0 Å². The molecule has 0 bridgehead atoms. The van der Waals surface area contributed by atoms with E-state index in [9.17, 15) is 14.4 Å². The second kappa shape index (κ2) is 9.73. The molecular formula is C22H25N3O4. The van der Waals surface area contributed by atoms with Gasteiger partial charge in [0.25, 0.3) is 11.8 Å². The van der Waals surface area contributed by atoms with Gasteiger partial charge in [0.15, 0.2) is 0 Å². The van der Waals surface area contributed by atoms with Crippen LogP contribution in [-0.4, -0.2) is 44.5 Å². The van der Waals surface area contributed by atoms with Gasteiger partial charge in [-0.3, -0.25) is 14.4 Å². The topological polar surface area (TPSA) is 87.7 Å². The van der Waals surface area contributed by atoms with Gasteiger partial charge in [-0.1, -0.05) is 0 Å². The molecule has 29 heavy (non-hydrogen) atoms. The van der Waals surface area contributed by atoms with E-state index in [4.69, 9.17) is 4.74 Å². The van der Waals surface area contributed by atoms with Gasteiger partial charge in [0.1, 0.15) is 5.75 Å². The van der Waals surface area contributed by atoms with Crippen molar-refractivity contribution in [2.45, 2.75) is 19.3 Å². The molecule has 2 N–H and O–H groups in total. The summed E-state index contributed by atoms with van der Waals surface area (Å²) in [5.74, 6) is 0.378. The average molecular weight is 395 g/mol. The first-order valence-electron chi connectivity index (χ1n) is 9.69. The van der Waals surface area contributed by atoms with Crippen LogP contribution >= 0.6 is 0 Å². The van der Waals surface area contributed by atoms with E-state index in [0.717, 1.165) is 25.1 Å². The minimum Gasteiger partial charge on any atom is -0.497 e. The Labute approximate surface area is 170 Å². The standard InChI is InChI=1S/C22H25N3O4/c1-29-19-11-7-17(8-12-19)22(28)24-14-13-23-21(27)16-5-9-18(10-6-16)25-15-3-2-4-20(25)26/h5-12H,2-4,13-15H2,1H3,(H,23,27)(H,24,28). The molecule has 0 radical (unpaired) electrons. The van der Waals surface area contributed by atoms with Crippen molar-refractivity contribution in [3.8, 4) is 5.75 Å². The summed E-state index contributed by atoms with van der Waals surface area (Å²) < 4.78 is 5.06. The van der Waals surface area contributed by atoms with Crippen molar-refractivity contribution in [3.63, 3.8) is 0 Å². The number of methoxy groups -OCH3 is 1. The Bertz CT molecular complexity index is 863. The molecule has 3 amide bonds. The number of piperidine rings is 1. The number of carbonyl (C=O) groups is 3. The van der Waals surface area contributed by atoms with Crippen LogP contribution < -0.4 is 20.3 Å². The summed E-state index contributed by atoms with van der Waals surface area (Å²) in [4.78, 5) is 38.1. The second-order valence-electron chi connectivity index (χ2n) is 6.79. The van der Waals surface area contributed by atoms with E-state index in [1.54, 1.807) is 60.5 Å². The first-order chi connectivity index (χ1) is 14.1. The van der Waals surface area contributed by atoms with Gasteiger partial charge < -0.3 is 20.3 Å². The molecule has 1 heterocycles. The summed E-state index contributed by atoms with van der Waals surface area (Å²) in [5.41, 5.74) is 1.86. The maximum absolute atomic E-state index is 12.3. The zero-order valence-electron chi connectivity index (χ0n) is 16.4. The highest BCUT2D eigenvalue weighted by atomic mass is 16.5. The van der Waals surface area contributed by atoms with E-state index < -0.39 is 0 Å². The molecule has 0 atom stereocenters. The van der Waals surface area contributed by atoms with Crippen LogP contribution in [-0.2, 0) is 4.79 Å². The predicted molar refractivity (Wildman–Crippen MR) is 110 cm³/mol. The fourth-order valence-corrected chi connectivity index (χ4v) is 3.17. The Hall–Kier alpha value is -3.35. The van der Waals surface area contributed by atoms with Gasteiger partial charge >= 0.3 is 0 Å². The summed E-state index contributed by atoms with van der Waals surface area (Å²) in [7, 11) is 1.57. The lowest BCUT2D eigenvalue weighted by Crippen LogP contribution is -2.35. The Morgan fingerprint density at radius 1 is 0.897 bits per heavy atom. The number of nitrogens with zero attached hydrogens (tertiary/aromatic N) is 1. The number of benzene rings is 2. The van der Waals surface area contributed by atoms with Crippen LogP contribution in [0.2, 0.25) is 0 Å². The summed E-state index contributed by atoms with van der Waals surface area (Å²) in [6.45, 7) is 1.35. The van der Waals surface area contributed by atoms with Crippen LogP contribution in [0.4, 0.5) is 5.69 Å². The smallest absolute Gasteiger partial charge is 0.251 e. The molecule has 2 aromatic rings. The third-order valence-electron chi connectivity index (χ3n) is 4.81. The summed E-state index contributed by atoms with van der Waals surface area (Å²) in [6, 6.07) is 13.8. The van der Waals surface area contributed by atoms with Gasteiger partial charge in [-0.2, -0.15) is 0 Å². The number of nitrogens with one attached hydrogen (secondary N) is 2. The Balaban J connectivity index is 1.44. The van der Waals surface area contributed by atoms with Crippen LogP contribution in [0.5, 0.6) is 5.75 Å². The largest absolute Gasteiger partial charge is 0.497 e. The zero-order valence-corrected chi connectivity index (χ0v) is 16.4. The third kappa shape index (κ3) is 5.34. The molecule has 1 saturated heterocycles. The van der Waals surface area contributed by atoms with E-state index in [0.29, 0.717) is 36.4 Å². The Kier molecular flexibility index (Phi) is 6.84. The molecule has 0 saturated carbocycles. The molecule has 1 aliphatic heterocycles. The Morgan fingerprint density at radius 3 is 1.97 bits per heavy atom. The van der Waals surface area contributed by atoms with Crippen molar-refractivity contribution >= 4 is 23.4 Å². The van der Waals surface area contributed by atoms with Crippen molar-refractivity contribution in [1.29, 1.82) is 0 Å². The van der Waals surface area contributed by atoms with E-state index in [2.05, 4.69) is 10.6 Å². The highest BCUT2D eigenvalue weighted by molar-refractivity contribution is 5.97. The number of anilines is 1. The van der Waals surface area contributed by atoms with Crippen LogP contribution in [0.3, 0.4) is 0 Å².